The lowest BCUT2D eigenvalue weighted by molar-refractivity contribution is -0.181. The zero-order valence-electron chi connectivity index (χ0n) is 6.93. The van der Waals surface area contributed by atoms with Crippen LogP contribution in [0.4, 0.5) is 13.2 Å². The highest BCUT2D eigenvalue weighted by Gasteiger charge is 2.39. The molecule has 0 heterocycles. The summed E-state index contributed by atoms with van der Waals surface area (Å²) in [6, 6.07) is 0. The van der Waals surface area contributed by atoms with Crippen molar-refractivity contribution in [3.8, 4) is 0 Å². The fourth-order valence-electron chi connectivity index (χ4n) is 0.617. The van der Waals surface area contributed by atoms with E-state index in [0.717, 1.165) is 7.11 Å². The van der Waals surface area contributed by atoms with E-state index in [-0.39, 0.29) is 12.4 Å². The van der Waals surface area contributed by atoms with Crippen molar-refractivity contribution in [1.29, 1.82) is 0 Å². The van der Waals surface area contributed by atoms with Gasteiger partial charge in [-0.25, -0.2) is 0 Å². The maximum atomic E-state index is 11.9. The number of esters is 1. The van der Waals surface area contributed by atoms with Crippen LogP contribution in [0.2, 0.25) is 0 Å². The van der Waals surface area contributed by atoms with Gasteiger partial charge in [0.15, 0.2) is 0 Å². The first-order valence-corrected chi connectivity index (χ1v) is 3.25. The van der Waals surface area contributed by atoms with Crippen molar-refractivity contribution in [3.63, 3.8) is 0 Å². The topological polar surface area (TPSA) is 52.3 Å². The van der Waals surface area contributed by atoms with E-state index in [2.05, 4.69) is 4.74 Å². The molecule has 0 radical (unpaired) electrons. The lowest BCUT2D eigenvalue weighted by Crippen LogP contribution is -2.32. The largest absolute Gasteiger partial charge is 0.469 e. The quantitative estimate of drug-likeness (QED) is 0.727. The number of carbonyl (C=O) groups excluding carboxylic acids is 1. The molecule has 0 aromatic carbocycles. The van der Waals surface area contributed by atoms with Gasteiger partial charge in [-0.3, -0.25) is 4.79 Å². The predicted molar refractivity (Wildman–Crippen MR) is 42.5 cm³/mol. The number of alkyl halides is 3. The van der Waals surface area contributed by atoms with Crippen LogP contribution in [0.25, 0.3) is 0 Å². The van der Waals surface area contributed by atoms with Crippen LogP contribution in [-0.2, 0) is 9.53 Å². The lowest BCUT2D eigenvalue weighted by atomic mass is 10.1. The van der Waals surface area contributed by atoms with E-state index in [1.54, 1.807) is 0 Å². The van der Waals surface area contributed by atoms with Gasteiger partial charge in [0.05, 0.1) is 19.4 Å². The summed E-state index contributed by atoms with van der Waals surface area (Å²) < 4.78 is 39.9. The minimum Gasteiger partial charge on any atom is -0.469 e. The number of ether oxygens (including phenoxy) is 1. The molecule has 0 aromatic heterocycles. The third kappa shape index (κ3) is 5.70. The zero-order valence-corrected chi connectivity index (χ0v) is 7.74. The fraction of sp³-hybridized carbons (Fsp3) is 0.833. The summed E-state index contributed by atoms with van der Waals surface area (Å²) in [4.78, 5) is 10.5. The summed E-state index contributed by atoms with van der Waals surface area (Å²) in [5.41, 5.74) is 4.83. The molecule has 2 N–H and O–H groups in total. The monoisotopic (exact) mass is 221 g/mol. The van der Waals surface area contributed by atoms with E-state index in [1.165, 1.54) is 0 Å². The van der Waals surface area contributed by atoms with Crippen molar-refractivity contribution < 1.29 is 22.7 Å². The maximum Gasteiger partial charge on any atom is 0.393 e. The van der Waals surface area contributed by atoms with Gasteiger partial charge in [0.25, 0.3) is 0 Å². The molecule has 0 saturated carbocycles. The van der Waals surface area contributed by atoms with Gasteiger partial charge in [-0.05, 0) is 0 Å². The van der Waals surface area contributed by atoms with E-state index in [4.69, 9.17) is 5.73 Å². The first kappa shape index (κ1) is 15.0. The summed E-state index contributed by atoms with van der Waals surface area (Å²) in [5, 5.41) is 0. The number of halogens is 4. The average molecular weight is 222 g/mol. The van der Waals surface area contributed by atoms with Crippen LogP contribution < -0.4 is 5.73 Å². The first-order valence-electron chi connectivity index (χ1n) is 3.25. The van der Waals surface area contributed by atoms with Gasteiger partial charge in [0, 0.05) is 6.54 Å². The van der Waals surface area contributed by atoms with Gasteiger partial charge in [-0.1, -0.05) is 0 Å². The van der Waals surface area contributed by atoms with Crippen LogP contribution in [0.15, 0.2) is 0 Å². The number of carbonyl (C=O) groups is 1. The number of hydrogen-bond acceptors (Lipinski definition) is 3. The minimum atomic E-state index is -4.43. The molecule has 0 saturated heterocycles. The number of hydrogen-bond donors (Lipinski definition) is 1. The van der Waals surface area contributed by atoms with E-state index in [0.29, 0.717) is 0 Å². The van der Waals surface area contributed by atoms with Gasteiger partial charge in [-0.2, -0.15) is 13.2 Å². The van der Waals surface area contributed by atoms with Crippen molar-refractivity contribution in [2.24, 2.45) is 11.7 Å². The Hall–Kier alpha value is -0.490. The molecule has 0 fully saturated rings. The normalized spacial score (nSPS) is 13.0. The van der Waals surface area contributed by atoms with Crippen molar-refractivity contribution >= 4 is 18.4 Å². The van der Waals surface area contributed by atoms with Crippen LogP contribution in [0.5, 0.6) is 0 Å². The van der Waals surface area contributed by atoms with E-state index >= 15 is 0 Å². The predicted octanol–water partition coefficient (Wildman–Crippen LogP) is 1.11. The summed E-state index contributed by atoms with van der Waals surface area (Å²) in [7, 11) is 1.03. The highest BCUT2D eigenvalue weighted by atomic mass is 35.5. The molecule has 1 unspecified atom stereocenters. The van der Waals surface area contributed by atoms with Crippen LogP contribution >= 0.6 is 12.4 Å². The van der Waals surface area contributed by atoms with Gasteiger partial charge in [0.1, 0.15) is 0 Å². The summed E-state index contributed by atoms with van der Waals surface area (Å²) in [5.74, 6) is -2.70. The zero-order chi connectivity index (χ0) is 9.78. The molecular formula is C6H11ClF3NO2. The second kappa shape index (κ2) is 6.04. The Bertz CT molecular complexity index is 162. The van der Waals surface area contributed by atoms with Crippen LogP contribution in [0.1, 0.15) is 6.42 Å². The minimum absolute atomic E-state index is 0. The van der Waals surface area contributed by atoms with Gasteiger partial charge < -0.3 is 10.5 Å². The maximum absolute atomic E-state index is 11.9. The van der Waals surface area contributed by atoms with Crippen LogP contribution in [-0.4, -0.2) is 25.8 Å². The molecule has 7 heteroatoms. The van der Waals surface area contributed by atoms with E-state index < -0.39 is 31.0 Å². The molecule has 0 aliphatic heterocycles. The van der Waals surface area contributed by atoms with Crippen molar-refractivity contribution in [1.82, 2.24) is 0 Å². The van der Waals surface area contributed by atoms with Gasteiger partial charge >= 0.3 is 12.1 Å². The SMILES string of the molecule is COC(=O)CC(CN)C(F)(F)F.Cl. The average Bonchev–Trinajstić information content (AvgIpc) is 1.97. The summed E-state index contributed by atoms with van der Waals surface area (Å²) >= 11 is 0. The highest BCUT2D eigenvalue weighted by Crippen LogP contribution is 2.27. The molecule has 0 amide bonds. The number of rotatable bonds is 3. The highest BCUT2D eigenvalue weighted by molar-refractivity contribution is 5.85. The van der Waals surface area contributed by atoms with Crippen molar-refractivity contribution in [2.45, 2.75) is 12.6 Å². The third-order valence-corrected chi connectivity index (χ3v) is 1.39. The molecule has 0 bridgehead atoms. The van der Waals surface area contributed by atoms with E-state index in [1.807, 2.05) is 0 Å². The fourth-order valence-corrected chi connectivity index (χ4v) is 0.617. The number of methoxy groups -OCH3 is 1. The van der Waals surface area contributed by atoms with Crippen LogP contribution in [0, 0.1) is 5.92 Å². The molecule has 0 rings (SSSR count). The molecule has 3 nitrogen and oxygen atoms in total. The molecule has 1 atom stereocenters. The Morgan fingerprint density at radius 1 is 1.54 bits per heavy atom. The van der Waals surface area contributed by atoms with Crippen LogP contribution in [0.3, 0.4) is 0 Å². The van der Waals surface area contributed by atoms with E-state index in [9.17, 15) is 18.0 Å². The molecule has 0 spiro atoms. The molecule has 0 aliphatic rings. The first-order chi connectivity index (χ1) is 5.41. The second-order valence-corrected chi connectivity index (χ2v) is 2.25. The molecule has 80 valence electrons. The Labute approximate surface area is 79.8 Å². The number of nitrogens with two attached hydrogens (primary N) is 1. The van der Waals surface area contributed by atoms with Crippen molar-refractivity contribution in [3.05, 3.63) is 0 Å². The Morgan fingerprint density at radius 3 is 2.23 bits per heavy atom. The molecule has 13 heavy (non-hydrogen) atoms. The molecule has 0 aromatic rings. The van der Waals surface area contributed by atoms with Crippen molar-refractivity contribution in [2.75, 3.05) is 13.7 Å². The molecule has 0 aliphatic carbocycles. The standard InChI is InChI=1S/C6H10F3NO2.ClH/c1-12-5(11)2-4(3-10)6(7,8)9;/h4H,2-3,10H2,1H3;1H. The smallest absolute Gasteiger partial charge is 0.393 e. The summed E-state index contributed by atoms with van der Waals surface area (Å²) in [6.45, 7) is -0.599. The Balaban J connectivity index is 0. The lowest BCUT2D eigenvalue weighted by Gasteiger charge is -2.16. The summed E-state index contributed by atoms with van der Waals surface area (Å²) in [6.07, 6.45) is -5.14. The second-order valence-electron chi connectivity index (χ2n) is 2.25. The van der Waals surface area contributed by atoms with Gasteiger partial charge in [0.2, 0.25) is 0 Å². The third-order valence-electron chi connectivity index (χ3n) is 1.39. The Morgan fingerprint density at radius 2 is 2.00 bits per heavy atom. The van der Waals surface area contributed by atoms with Gasteiger partial charge in [-0.15, -0.1) is 12.4 Å². The Kier molecular flexibility index (Phi) is 6.97. The molecular weight excluding hydrogens is 211 g/mol.